The zero-order valence-corrected chi connectivity index (χ0v) is 15.5. The molecular weight excluding hydrogens is 354 g/mol. The number of aliphatic hydroxyl groups excluding tert-OH is 1. The van der Waals surface area contributed by atoms with Crippen LogP contribution in [0.1, 0.15) is 18.4 Å². The van der Waals surface area contributed by atoms with Gasteiger partial charge >= 0.3 is 5.97 Å². The molecule has 0 aliphatic rings. The van der Waals surface area contributed by atoms with E-state index in [1.165, 1.54) is 31.4 Å². The number of hydrogen-bond acceptors (Lipinski definition) is 5. The van der Waals surface area contributed by atoms with Crippen LogP contribution in [0.2, 0.25) is 0 Å². The average Bonchev–Trinajstić information content (AvgIpc) is 2.62. The summed E-state index contributed by atoms with van der Waals surface area (Å²) in [5.74, 6) is 10.0. The van der Waals surface area contributed by atoms with Gasteiger partial charge in [-0.05, 0) is 31.2 Å². The first-order chi connectivity index (χ1) is 12.4. The molecular formula is C19H21NO5S. The van der Waals surface area contributed by atoms with Gasteiger partial charge in [0.25, 0.3) is 0 Å². The molecule has 0 saturated heterocycles. The molecule has 26 heavy (non-hydrogen) atoms. The highest BCUT2D eigenvalue weighted by atomic mass is 32.2. The van der Waals surface area contributed by atoms with E-state index < -0.39 is 22.0 Å². The highest BCUT2D eigenvalue weighted by molar-refractivity contribution is 7.89. The molecule has 1 unspecified atom stereocenters. The van der Waals surface area contributed by atoms with Crippen LogP contribution in [0.25, 0.3) is 0 Å². The van der Waals surface area contributed by atoms with Crippen LogP contribution >= 0.6 is 0 Å². The number of benzene rings is 1. The Morgan fingerprint density at radius 1 is 1.23 bits per heavy atom. The number of carbonyl (C=O) groups is 1. The molecule has 0 radical (unpaired) electrons. The molecule has 1 atom stereocenters. The number of rotatable bonds is 6. The number of methoxy groups -OCH3 is 1. The van der Waals surface area contributed by atoms with Crippen LogP contribution in [0.15, 0.2) is 41.3 Å². The monoisotopic (exact) mass is 375 g/mol. The molecule has 0 fully saturated rings. The molecule has 0 aliphatic carbocycles. The van der Waals surface area contributed by atoms with Crippen LogP contribution in [-0.4, -0.2) is 39.3 Å². The summed E-state index contributed by atoms with van der Waals surface area (Å²) >= 11 is 0. The summed E-state index contributed by atoms with van der Waals surface area (Å²) in [7, 11) is -2.69. The third kappa shape index (κ3) is 7.54. The molecule has 2 N–H and O–H groups in total. The maximum atomic E-state index is 12.4. The van der Waals surface area contributed by atoms with Gasteiger partial charge in [0.05, 0.1) is 18.6 Å². The van der Waals surface area contributed by atoms with E-state index in [9.17, 15) is 13.2 Å². The van der Waals surface area contributed by atoms with Crippen molar-refractivity contribution < 1.29 is 23.1 Å². The van der Waals surface area contributed by atoms with E-state index >= 15 is 0 Å². The van der Waals surface area contributed by atoms with Gasteiger partial charge in [-0.1, -0.05) is 41.4 Å². The van der Waals surface area contributed by atoms with Gasteiger partial charge in [-0.25, -0.2) is 8.42 Å². The number of esters is 1. The van der Waals surface area contributed by atoms with Gasteiger partial charge in [0.15, 0.2) is 0 Å². The Morgan fingerprint density at radius 2 is 1.85 bits per heavy atom. The largest absolute Gasteiger partial charge is 0.468 e. The fourth-order valence-electron chi connectivity index (χ4n) is 1.78. The second-order valence-corrected chi connectivity index (χ2v) is 6.88. The Morgan fingerprint density at radius 3 is 2.42 bits per heavy atom. The van der Waals surface area contributed by atoms with Crippen LogP contribution in [-0.2, 0) is 19.6 Å². The lowest BCUT2D eigenvalue weighted by Gasteiger charge is -2.14. The number of ether oxygens (including phenoxy) is 1. The molecule has 1 aromatic rings. The SMILES string of the molecule is COC(=O)C(CC#C/C=C\C#CCCO)NS(=O)(=O)c1ccc(C)cc1. The Kier molecular flexibility index (Phi) is 9.18. The molecule has 0 saturated carbocycles. The number of hydrogen-bond donors (Lipinski definition) is 2. The highest BCUT2D eigenvalue weighted by Gasteiger charge is 2.25. The third-order valence-electron chi connectivity index (χ3n) is 3.11. The molecule has 1 rings (SSSR count). The standard InChI is InChI=1S/C19H21NO5S/c1-16-11-13-17(14-12-16)26(23,24)20-18(19(22)25-2)10-8-6-4-3-5-7-9-15-21/h3-4,11-14,18,20-21H,9-10,15H2,1-2H3/b4-3-. The molecule has 0 heterocycles. The maximum Gasteiger partial charge on any atom is 0.324 e. The molecule has 7 heteroatoms. The summed E-state index contributed by atoms with van der Waals surface area (Å²) in [5, 5.41) is 8.58. The van der Waals surface area contributed by atoms with Crippen molar-refractivity contribution in [3.8, 4) is 23.7 Å². The normalized spacial score (nSPS) is 11.8. The first kappa shape index (κ1) is 21.5. The minimum atomic E-state index is -3.87. The Bertz CT molecular complexity index is 849. The fourth-order valence-corrected chi connectivity index (χ4v) is 2.96. The molecule has 0 spiro atoms. The van der Waals surface area contributed by atoms with Gasteiger partial charge < -0.3 is 9.84 Å². The fraction of sp³-hybridized carbons (Fsp3) is 0.316. The van der Waals surface area contributed by atoms with Crippen LogP contribution in [0.5, 0.6) is 0 Å². The maximum absolute atomic E-state index is 12.4. The summed E-state index contributed by atoms with van der Waals surface area (Å²) in [5.41, 5.74) is 0.924. The molecule has 6 nitrogen and oxygen atoms in total. The van der Waals surface area contributed by atoms with Gasteiger partial charge in [0.2, 0.25) is 10.0 Å². The van der Waals surface area contributed by atoms with E-state index in [1.54, 1.807) is 12.1 Å². The number of carbonyl (C=O) groups excluding carboxylic acids is 1. The zero-order chi connectivity index (χ0) is 19.4. The second-order valence-electron chi connectivity index (χ2n) is 5.16. The van der Waals surface area contributed by atoms with Gasteiger partial charge in [-0.3, -0.25) is 4.79 Å². The molecule has 1 aromatic carbocycles. The summed E-state index contributed by atoms with van der Waals surface area (Å²) in [6, 6.07) is 5.15. The lowest BCUT2D eigenvalue weighted by molar-refractivity contribution is -0.142. The lowest BCUT2D eigenvalue weighted by Crippen LogP contribution is -2.41. The summed E-state index contributed by atoms with van der Waals surface area (Å²) in [4.78, 5) is 11.9. The quantitative estimate of drug-likeness (QED) is 0.575. The van der Waals surface area contributed by atoms with E-state index in [4.69, 9.17) is 5.11 Å². The Balaban J connectivity index is 2.81. The van der Waals surface area contributed by atoms with Crippen molar-refractivity contribution in [2.45, 2.75) is 30.7 Å². The van der Waals surface area contributed by atoms with Crippen molar-refractivity contribution in [3.05, 3.63) is 42.0 Å². The summed E-state index contributed by atoms with van der Waals surface area (Å²) < 4.78 is 31.7. The van der Waals surface area contributed by atoms with Crippen molar-refractivity contribution >= 4 is 16.0 Å². The Hall–Kier alpha value is -2.58. The van der Waals surface area contributed by atoms with E-state index in [-0.39, 0.29) is 17.9 Å². The smallest absolute Gasteiger partial charge is 0.324 e. The zero-order valence-electron chi connectivity index (χ0n) is 14.7. The molecule has 0 aliphatic heterocycles. The first-order valence-corrected chi connectivity index (χ1v) is 9.28. The molecule has 138 valence electrons. The lowest BCUT2D eigenvalue weighted by atomic mass is 10.2. The molecule has 0 aromatic heterocycles. The van der Waals surface area contributed by atoms with Crippen molar-refractivity contribution in [3.63, 3.8) is 0 Å². The number of aliphatic hydroxyl groups is 1. The van der Waals surface area contributed by atoms with Gasteiger partial charge in [0, 0.05) is 12.8 Å². The highest BCUT2D eigenvalue weighted by Crippen LogP contribution is 2.11. The first-order valence-electron chi connectivity index (χ1n) is 7.80. The van der Waals surface area contributed by atoms with Crippen molar-refractivity contribution in [2.24, 2.45) is 0 Å². The number of allylic oxidation sites excluding steroid dienone is 2. The van der Waals surface area contributed by atoms with Crippen molar-refractivity contribution in [1.82, 2.24) is 4.72 Å². The van der Waals surface area contributed by atoms with Gasteiger partial charge in [-0.15, -0.1) is 0 Å². The van der Waals surface area contributed by atoms with Crippen LogP contribution in [0.3, 0.4) is 0 Å². The second kappa shape index (κ2) is 11.1. The minimum absolute atomic E-state index is 0.00550. The number of aryl methyl sites for hydroxylation is 1. The molecule has 0 bridgehead atoms. The van der Waals surface area contributed by atoms with Gasteiger partial charge in [0.1, 0.15) is 6.04 Å². The van der Waals surface area contributed by atoms with Crippen LogP contribution in [0, 0.1) is 30.6 Å². The minimum Gasteiger partial charge on any atom is -0.468 e. The topological polar surface area (TPSA) is 92.7 Å². The van der Waals surface area contributed by atoms with E-state index in [2.05, 4.69) is 33.1 Å². The van der Waals surface area contributed by atoms with E-state index in [0.29, 0.717) is 6.42 Å². The van der Waals surface area contributed by atoms with Crippen LogP contribution < -0.4 is 4.72 Å². The summed E-state index contributed by atoms with van der Waals surface area (Å²) in [6.07, 6.45) is 3.31. The van der Waals surface area contributed by atoms with E-state index in [0.717, 1.165) is 5.56 Å². The Labute approximate surface area is 154 Å². The van der Waals surface area contributed by atoms with Crippen molar-refractivity contribution in [2.75, 3.05) is 13.7 Å². The average molecular weight is 375 g/mol. The van der Waals surface area contributed by atoms with Gasteiger partial charge in [-0.2, -0.15) is 4.72 Å². The number of nitrogens with one attached hydrogen (secondary N) is 1. The van der Waals surface area contributed by atoms with Crippen molar-refractivity contribution in [1.29, 1.82) is 0 Å². The predicted molar refractivity (Wildman–Crippen MR) is 98.3 cm³/mol. The third-order valence-corrected chi connectivity index (χ3v) is 4.60. The van der Waals surface area contributed by atoms with Crippen LogP contribution in [0.4, 0.5) is 0 Å². The number of sulfonamides is 1. The molecule has 0 amide bonds. The predicted octanol–water partition coefficient (Wildman–Crippen LogP) is 1.15. The summed E-state index contributed by atoms with van der Waals surface area (Å²) in [6.45, 7) is 1.84. The van der Waals surface area contributed by atoms with E-state index in [1.807, 2.05) is 6.92 Å².